The van der Waals surface area contributed by atoms with Crippen molar-refractivity contribution in [2.45, 2.75) is 43.0 Å². The minimum atomic E-state index is -3.81. The molecular weight excluding hydrogens is 482 g/mol. The maximum absolute atomic E-state index is 13.3. The lowest BCUT2D eigenvalue weighted by atomic mass is 9.95. The number of nitrogens with one attached hydrogen (secondary N) is 1. The highest BCUT2D eigenvalue weighted by atomic mass is 79.9. The Bertz CT molecular complexity index is 1000. The number of hydrazone groups is 1. The number of amides is 1. The summed E-state index contributed by atoms with van der Waals surface area (Å²) in [6, 6.07) is 13.5. The quantitative estimate of drug-likeness (QED) is 0.433. The molecule has 0 aromatic heterocycles. The van der Waals surface area contributed by atoms with Crippen LogP contribution < -0.4 is 10.2 Å². The van der Waals surface area contributed by atoms with Gasteiger partial charge in [0, 0.05) is 10.5 Å². The monoisotopic (exact) mass is 507 g/mol. The minimum absolute atomic E-state index is 0.177. The van der Waals surface area contributed by atoms with Gasteiger partial charge in [-0.2, -0.15) is 9.41 Å². The standard InChI is InChI=1S/C22H26BrN3O4S/c1-30-20-11-7-17(8-12-20)15-24-25-22(27)16-26(19-5-3-2-4-6-19)31(28,29)21-13-9-18(23)10-14-21/h7-15,19H,2-6,16H2,1H3,(H,25,27). The summed E-state index contributed by atoms with van der Waals surface area (Å²) < 4.78 is 33.9. The van der Waals surface area contributed by atoms with Gasteiger partial charge in [0.1, 0.15) is 5.75 Å². The van der Waals surface area contributed by atoms with Crippen molar-refractivity contribution in [3.05, 3.63) is 58.6 Å². The van der Waals surface area contributed by atoms with Crippen molar-refractivity contribution in [1.29, 1.82) is 0 Å². The molecule has 166 valence electrons. The van der Waals surface area contributed by atoms with Gasteiger partial charge in [-0.25, -0.2) is 13.8 Å². The van der Waals surface area contributed by atoms with Crippen LogP contribution in [0, 0.1) is 0 Å². The molecule has 7 nitrogen and oxygen atoms in total. The average Bonchev–Trinajstić information content (AvgIpc) is 2.78. The molecule has 0 bridgehead atoms. The number of rotatable bonds is 8. The predicted octanol–water partition coefficient (Wildman–Crippen LogP) is 3.93. The fourth-order valence-corrected chi connectivity index (χ4v) is 5.47. The zero-order valence-corrected chi connectivity index (χ0v) is 19.7. The molecular formula is C22H26BrN3O4S. The minimum Gasteiger partial charge on any atom is -0.497 e. The first-order valence-electron chi connectivity index (χ1n) is 10.1. The number of sulfonamides is 1. The van der Waals surface area contributed by atoms with Crippen molar-refractivity contribution < 1.29 is 17.9 Å². The van der Waals surface area contributed by atoms with Gasteiger partial charge in [-0.3, -0.25) is 4.79 Å². The summed E-state index contributed by atoms with van der Waals surface area (Å²) >= 11 is 3.33. The molecule has 2 aromatic rings. The van der Waals surface area contributed by atoms with Gasteiger partial charge in [0.2, 0.25) is 10.0 Å². The summed E-state index contributed by atoms with van der Waals surface area (Å²) in [5, 5.41) is 3.97. The second-order valence-electron chi connectivity index (χ2n) is 7.36. The molecule has 0 spiro atoms. The molecule has 0 heterocycles. The number of methoxy groups -OCH3 is 1. The highest BCUT2D eigenvalue weighted by Gasteiger charge is 2.33. The smallest absolute Gasteiger partial charge is 0.255 e. The average molecular weight is 508 g/mol. The SMILES string of the molecule is COc1ccc(C=NNC(=O)CN(C2CCCCC2)S(=O)(=O)c2ccc(Br)cc2)cc1. The van der Waals surface area contributed by atoms with E-state index in [9.17, 15) is 13.2 Å². The van der Waals surface area contributed by atoms with Crippen molar-refractivity contribution >= 4 is 38.1 Å². The Morgan fingerprint density at radius 2 is 1.77 bits per heavy atom. The maximum atomic E-state index is 13.3. The van der Waals surface area contributed by atoms with E-state index in [1.165, 1.54) is 10.5 Å². The molecule has 1 amide bonds. The first-order valence-corrected chi connectivity index (χ1v) is 12.4. The van der Waals surface area contributed by atoms with E-state index in [2.05, 4.69) is 26.5 Å². The van der Waals surface area contributed by atoms with Crippen molar-refractivity contribution in [2.75, 3.05) is 13.7 Å². The number of benzene rings is 2. The Kier molecular flexibility index (Phi) is 8.22. The number of hydrogen-bond donors (Lipinski definition) is 1. The Hall–Kier alpha value is -2.23. The van der Waals surface area contributed by atoms with E-state index in [0.29, 0.717) is 0 Å². The first-order chi connectivity index (χ1) is 14.9. The van der Waals surface area contributed by atoms with E-state index in [1.54, 1.807) is 55.6 Å². The Morgan fingerprint density at radius 1 is 1.13 bits per heavy atom. The third kappa shape index (κ3) is 6.38. The normalized spacial score (nSPS) is 15.3. The second-order valence-corrected chi connectivity index (χ2v) is 10.2. The molecule has 3 rings (SSSR count). The lowest BCUT2D eigenvalue weighted by Gasteiger charge is -2.32. The van der Waals surface area contributed by atoms with Crippen molar-refractivity contribution in [2.24, 2.45) is 5.10 Å². The third-order valence-electron chi connectivity index (χ3n) is 5.22. The highest BCUT2D eigenvalue weighted by molar-refractivity contribution is 9.10. The summed E-state index contributed by atoms with van der Waals surface area (Å²) in [6.45, 7) is -0.275. The van der Waals surface area contributed by atoms with Gasteiger partial charge in [-0.15, -0.1) is 0 Å². The molecule has 2 aromatic carbocycles. The summed E-state index contributed by atoms with van der Waals surface area (Å²) in [4.78, 5) is 12.7. The maximum Gasteiger partial charge on any atom is 0.255 e. The summed E-state index contributed by atoms with van der Waals surface area (Å²) in [5.74, 6) is 0.249. The molecule has 1 aliphatic rings. The van der Waals surface area contributed by atoms with Gasteiger partial charge < -0.3 is 4.74 Å². The Morgan fingerprint density at radius 3 is 2.39 bits per heavy atom. The van der Waals surface area contributed by atoms with E-state index in [4.69, 9.17) is 4.74 Å². The zero-order chi connectivity index (χ0) is 22.3. The second kappa shape index (κ2) is 10.9. The van der Waals surface area contributed by atoms with E-state index in [0.717, 1.165) is 47.9 Å². The summed E-state index contributed by atoms with van der Waals surface area (Å²) in [7, 11) is -2.22. The van der Waals surface area contributed by atoms with E-state index in [1.807, 2.05) is 0 Å². The van der Waals surface area contributed by atoms with Crippen LogP contribution in [0.1, 0.15) is 37.7 Å². The fourth-order valence-electron chi connectivity index (χ4n) is 3.57. The molecule has 0 atom stereocenters. The van der Waals surface area contributed by atoms with Crippen molar-refractivity contribution in [1.82, 2.24) is 9.73 Å². The molecule has 9 heteroatoms. The van der Waals surface area contributed by atoms with Gasteiger partial charge in [-0.1, -0.05) is 35.2 Å². The molecule has 0 aliphatic heterocycles. The molecule has 1 fully saturated rings. The lowest BCUT2D eigenvalue weighted by molar-refractivity contribution is -0.121. The van der Waals surface area contributed by atoms with Gasteiger partial charge in [0.25, 0.3) is 5.91 Å². The summed E-state index contributed by atoms with van der Waals surface area (Å²) in [6.07, 6.45) is 5.99. The van der Waals surface area contributed by atoms with Crippen LogP contribution in [0.5, 0.6) is 5.75 Å². The van der Waals surface area contributed by atoms with Gasteiger partial charge in [0.05, 0.1) is 24.8 Å². The van der Waals surface area contributed by atoms with Crippen LogP contribution in [0.25, 0.3) is 0 Å². The number of carbonyl (C=O) groups excluding carboxylic acids is 1. The van der Waals surface area contributed by atoms with E-state index >= 15 is 0 Å². The van der Waals surface area contributed by atoms with Crippen LogP contribution in [0.2, 0.25) is 0 Å². The van der Waals surface area contributed by atoms with Crippen LogP contribution in [-0.2, 0) is 14.8 Å². The Labute approximate surface area is 191 Å². The van der Waals surface area contributed by atoms with Gasteiger partial charge in [-0.05, 0) is 66.9 Å². The van der Waals surface area contributed by atoms with Crippen LogP contribution in [0.15, 0.2) is 63.0 Å². The Balaban J connectivity index is 1.72. The van der Waals surface area contributed by atoms with Crippen LogP contribution in [0.3, 0.4) is 0 Å². The van der Waals surface area contributed by atoms with Gasteiger partial charge >= 0.3 is 0 Å². The number of ether oxygens (including phenoxy) is 1. The zero-order valence-electron chi connectivity index (χ0n) is 17.3. The number of halogens is 1. The van der Waals surface area contributed by atoms with E-state index in [-0.39, 0.29) is 17.5 Å². The fraction of sp³-hybridized carbons (Fsp3) is 0.364. The largest absolute Gasteiger partial charge is 0.497 e. The summed E-state index contributed by atoms with van der Waals surface area (Å²) in [5.41, 5.74) is 3.23. The first kappa shape index (κ1) is 23.4. The van der Waals surface area contributed by atoms with Crippen molar-refractivity contribution in [3.63, 3.8) is 0 Å². The molecule has 31 heavy (non-hydrogen) atoms. The highest BCUT2D eigenvalue weighted by Crippen LogP contribution is 2.28. The molecule has 1 aliphatic carbocycles. The van der Waals surface area contributed by atoms with Crippen LogP contribution >= 0.6 is 15.9 Å². The molecule has 0 saturated heterocycles. The van der Waals surface area contributed by atoms with Crippen LogP contribution in [0.4, 0.5) is 0 Å². The molecule has 0 unspecified atom stereocenters. The third-order valence-corrected chi connectivity index (χ3v) is 7.66. The number of carbonyl (C=O) groups is 1. The lowest BCUT2D eigenvalue weighted by Crippen LogP contribution is -2.46. The molecule has 1 N–H and O–H groups in total. The van der Waals surface area contributed by atoms with Crippen LogP contribution in [-0.4, -0.2) is 44.5 Å². The number of hydrogen-bond acceptors (Lipinski definition) is 5. The van der Waals surface area contributed by atoms with E-state index < -0.39 is 15.9 Å². The molecule has 1 saturated carbocycles. The van der Waals surface area contributed by atoms with Crippen molar-refractivity contribution in [3.8, 4) is 5.75 Å². The predicted molar refractivity (Wildman–Crippen MR) is 124 cm³/mol. The molecule has 0 radical (unpaired) electrons. The van der Waals surface area contributed by atoms with Gasteiger partial charge in [0.15, 0.2) is 0 Å². The number of nitrogens with zero attached hydrogens (tertiary/aromatic N) is 2. The topological polar surface area (TPSA) is 88.1 Å².